The largest absolute Gasteiger partial charge is 0.488 e. The second kappa shape index (κ2) is 3.97. The van der Waals surface area contributed by atoms with Crippen molar-refractivity contribution < 1.29 is 19.1 Å². The third-order valence-electron chi connectivity index (χ3n) is 1.58. The zero-order chi connectivity index (χ0) is 11.7. The summed E-state index contributed by atoms with van der Waals surface area (Å²) in [5.74, 6) is 0.461. The van der Waals surface area contributed by atoms with Crippen LogP contribution in [-0.4, -0.2) is 15.4 Å². The molecule has 1 aromatic carbocycles. The number of rotatable bonds is 2. The third kappa shape index (κ3) is 4.04. The van der Waals surface area contributed by atoms with Gasteiger partial charge in [-0.15, -0.1) is 0 Å². The molecule has 0 aliphatic carbocycles. The Morgan fingerprint density at radius 1 is 1.27 bits per heavy atom. The van der Waals surface area contributed by atoms with E-state index in [2.05, 4.69) is 0 Å². The Balaban J connectivity index is 2.99. The Hall–Kier alpha value is -0.830. The van der Waals surface area contributed by atoms with Gasteiger partial charge in [-0.25, -0.2) is 0 Å². The van der Waals surface area contributed by atoms with Crippen LogP contribution >= 0.6 is 7.60 Å². The number of ether oxygens (including phenoxy) is 1. The maximum Gasteiger partial charge on any atom is 0.356 e. The van der Waals surface area contributed by atoms with E-state index in [9.17, 15) is 4.57 Å². The van der Waals surface area contributed by atoms with Gasteiger partial charge >= 0.3 is 7.60 Å². The Bertz CT molecular complexity index is 389. The highest BCUT2D eigenvalue weighted by molar-refractivity contribution is 7.60. The maximum atomic E-state index is 11.0. The number of benzene rings is 1. The van der Waals surface area contributed by atoms with E-state index in [0.29, 0.717) is 5.75 Å². The summed E-state index contributed by atoms with van der Waals surface area (Å²) in [5.41, 5.74) is -0.381. The second-order valence-electron chi connectivity index (χ2n) is 4.26. The van der Waals surface area contributed by atoms with Crippen LogP contribution in [-0.2, 0) is 4.57 Å². The van der Waals surface area contributed by atoms with Gasteiger partial charge < -0.3 is 14.5 Å². The quantitative estimate of drug-likeness (QED) is 0.758. The predicted molar refractivity (Wildman–Crippen MR) is 58.5 cm³/mol. The molecule has 0 fully saturated rings. The predicted octanol–water partition coefficient (Wildman–Crippen LogP) is 1.67. The Kier molecular flexibility index (Phi) is 3.24. The first-order valence-corrected chi connectivity index (χ1v) is 6.15. The normalized spacial score (nSPS) is 12.6. The van der Waals surface area contributed by atoms with Gasteiger partial charge in [0.25, 0.3) is 0 Å². The van der Waals surface area contributed by atoms with Crippen LogP contribution in [0.1, 0.15) is 20.8 Å². The monoisotopic (exact) mass is 230 g/mol. The molecule has 0 amide bonds. The Morgan fingerprint density at radius 3 is 2.33 bits per heavy atom. The van der Waals surface area contributed by atoms with Gasteiger partial charge in [0.15, 0.2) is 0 Å². The highest BCUT2D eigenvalue weighted by Crippen LogP contribution is 2.34. The van der Waals surface area contributed by atoms with Gasteiger partial charge in [-0.3, -0.25) is 4.57 Å². The van der Waals surface area contributed by atoms with Crippen molar-refractivity contribution in [2.24, 2.45) is 0 Å². The summed E-state index contributed by atoms with van der Waals surface area (Å²) in [6.07, 6.45) is 0. The topological polar surface area (TPSA) is 66.8 Å². The van der Waals surface area contributed by atoms with Crippen molar-refractivity contribution in [1.82, 2.24) is 0 Å². The van der Waals surface area contributed by atoms with Crippen LogP contribution < -0.4 is 10.0 Å². The van der Waals surface area contributed by atoms with Gasteiger partial charge in [-0.1, -0.05) is 6.07 Å². The van der Waals surface area contributed by atoms with Crippen molar-refractivity contribution in [1.29, 1.82) is 0 Å². The average molecular weight is 230 g/mol. The van der Waals surface area contributed by atoms with E-state index in [0.717, 1.165) is 0 Å². The van der Waals surface area contributed by atoms with Crippen molar-refractivity contribution in [2.75, 3.05) is 0 Å². The van der Waals surface area contributed by atoms with Crippen LogP contribution in [0, 0.1) is 0 Å². The fourth-order valence-electron chi connectivity index (χ4n) is 1.08. The molecular formula is C10H15O4P. The zero-order valence-electron chi connectivity index (χ0n) is 8.97. The fraction of sp³-hybridized carbons (Fsp3) is 0.400. The van der Waals surface area contributed by atoms with Gasteiger partial charge in [0.1, 0.15) is 11.4 Å². The van der Waals surface area contributed by atoms with Crippen molar-refractivity contribution in [3.63, 3.8) is 0 Å². The lowest BCUT2D eigenvalue weighted by molar-refractivity contribution is 0.131. The van der Waals surface area contributed by atoms with E-state index in [1.54, 1.807) is 12.1 Å². The lowest BCUT2D eigenvalue weighted by atomic mass is 10.2. The molecule has 0 aromatic heterocycles. The molecule has 0 saturated carbocycles. The van der Waals surface area contributed by atoms with E-state index in [1.807, 2.05) is 20.8 Å². The summed E-state index contributed by atoms with van der Waals surface area (Å²) in [6.45, 7) is 5.62. The van der Waals surface area contributed by atoms with Crippen molar-refractivity contribution in [3.05, 3.63) is 24.3 Å². The molecule has 0 spiro atoms. The van der Waals surface area contributed by atoms with E-state index in [4.69, 9.17) is 14.5 Å². The summed E-state index contributed by atoms with van der Waals surface area (Å²) in [7, 11) is -4.19. The first-order chi connectivity index (χ1) is 6.68. The molecule has 4 nitrogen and oxygen atoms in total. The first kappa shape index (κ1) is 12.2. The first-order valence-electron chi connectivity index (χ1n) is 4.54. The molecular weight excluding hydrogens is 215 g/mol. The molecule has 2 N–H and O–H groups in total. The number of hydrogen-bond acceptors (Lipinski definition) is 2. The fourth-order valence-corrected chi connectivity index (χ4v) is 1.66. The maximum absolute atomic E-state index is 11.0. The molecule has 84 valence electrons. The van der Waals surface area contributed by atoms with Crippen molar-refractivity contribution >= 4 is 12.9 Å². The van der Waals surface area contributed by atoms with Gasteiger partial charge in [0.05, 0.1) is 5.30 Å². The standard InChI is InChI=1S/C10H15O4P/c1-10(2,3)14-8-5-4-6-9(7-8)15(11,12)13/h4-7H,1-3H3,(H2,11,12,13). The Labute approximate surface area is 89.1 Å². The van der Waals surface area contributed by atoms with E-state index < -0.39 is 7.60 Å². The minimum Gasteiger partial charge on any atom is -0.488 e. The summed E-state index contributed by atoms with van der Waals surface area (Å²) in [4.78, 5) is 17.9. The van der Waals surface area contributed by atoms with Crippen LogP contribution in [0.5, 0.6) is 5.75 Å². The van der Waals surface area contributed by atoms with Gasteiger partial charge in [0.2, 0.25) is 0 Å². The molecule has 0 unspecified atom stereocenters. The molecule has 0 radical (unpaired) electrons. The molecule has 15 heavy (non-hydrogen) atoms. The smallest absolute Gasteiger partial charge is 0.356 e. The van der Waals surface area contributed by atoms with Gasteiger partial charge in [0, 0.05) is 0 Å². The lowest BCUT2D eigenvalue weighted by Crippen LogP contribution is -2.23. The molecule has 0 bridgehead atoms. The highest BCUT2D eigenvalue weighted by atomic mass is 31.2. The van der Waals surface area contributed by atoms with Crippen LogP contribution in [0.15, 0.2) is 24.3 Å². The van der Waals surface area contributed by atoms with Crippen LogP contribution in [0.4, 0.5) is 0 Å². The molecule has 1 aromatic rings. The van der Waals surface area contributed by atoms with Crippen molar-refractivity contribution in [2.45, 2.75) is 26.4 Å². The number of hydrogen-bond donors (Lipinski definition) is 2. The minimum absolute atomic E-state index is 0.0238. The summed E-state index contributed by atoms with van der Waals surface area (Å²) < 4.78 is 16.5. The molecule has 0 aliphatic heterocycles. The molecule has 0 atom stereocenters. The van der Waals surface area contributed by atoms with E-state index >= 15 is 0 Å². The van der Waals surface area contributed by atoms with Crippen LogP contribution in [0.25, 0.3) is 0 Å². The van der Waals surface area contributed by atoms with E-state index in [1.165, 1.54) is 12.1 Å². The Morgan fingerprint density at radius 2 is 1.87 bits per heavy atom. The zero-order valence-corrected chi connectivity index (χ0v) is 9.86. The molecule has 1 rings (SSSR count). The highest BCUT2D eigenvalue weighted by Gasteiger charge is 2.19. The summed E-state index contributed by atoms with van der Waals surface area (Å²) in [6, 6.07) is 5.99. The van der Waals surface area contributed by atoms with Gasteiger partial charge in [-0.2, -0.15) is 0 Å². The molecule has 0 heterocycles. The average Bonchev–Trinajstić information content (AvgIpc) is 1.99. The van der Waals surface area contributed by atoms with E-state index in [-0.39, 0.29) is 10.9 Å². The lowest BCUT2D eigenvalue weighted by Gasteiger charge is -2.21. The minimum atomic E-state index is -4.19. The summed E-state index contributed by atoms with van der Waals surface area (Å²) >= 11 is 0. The van der Waals surface area contributed by atoms with Crippen molar-refractivity contribution in [3.8, 4) is 5.75 Å². The van der Waals surface area contributed by atoms with Crippen LogP contribution in [0.2, 0.25) is 0 Å². The van der Waals surface area contributed by atoms with Crippen LogP contribution in [0.3, 0.4) is 0 Å². The molecule has 5 heteroatoms. The molecule has 0 aliphatic rings. The van der Waals surface area contributed by atoms with Gasteiger partial charge in [-0.05, 0) is 39.0 Å². The second-order valence-corrected chi connectivity index (χ2v) is 5.86. The molecule has 0 saturated heterocycles. The SMILES string of the molecule is CC(C)(C)Oc1cccc(P(=O)(O)O)c1. The third-order valence-corrected chi connectivity index (χ3v) is 2.53. The summed E-state index contributed by atoms with van der Waals surface area (Å²) in [5, 5.41) is -0.0238.